The second kappa shape index (κ2) is 3.53. The molecule has 3 nitrogen and oxygen atoms in total. The van der Waals surface area contributed by atoms with Crippen LogP contribution < -0.4 is 0 Å². The average Bonchev–Trinajstić information content (AvgIpc) is 2.75. The summed E-state index contributed by atoms with van der Waals surface area (Å²) >= 11 is 3.00. The molecule has 0 aromatic carbocycles. The third-order valence-electron chi connectivity index (χ3n) is 1.57. The minimum atomic E-state index is -0.489. The molecule has 0 amide bonds. The van der Waals surface area contributed by atoms with Crippen LogP contribution in [0.1, 0.15) is 18.0 Å². The normalized spacial score (nSPS) is 13.1. The minimum absolute atomic E-state index is 0.489. The van der Waals surface area contributed by atoms with Gasteiger partial charge in [-0.15, -0.1) is 22.7 Å². The van der Waals surface area contributed by atoms with Crippen LogP contribution in [0.15, 0.2) is 16.3 Å². The fraction of sp³-hybridized carbons (Fsp3) is 0.250. The monoisotopic (exact) mass is 212 g/mol. The van der Waals surface area contributed by atoms with Crippen molar-refractivity contribution in [1.29, 1.82) is 0 Å². The molecule has 0 saturated heterocycles. The van der Waals surface area contributed by atoms with Gasteiger partial charge in [-0.3, -0.25) is 0 Å². The zero-order valence-corrected chi connectivity index (χ0v) is 8.60. The molecule has 0 fully saturated rings. The summed E-state index contributed by atoms with van der Waals surface area (Å²) in [5.41, 5.74) is 3.51. The van der Waals surface area contributed by atoms with Gasteiger partial charge in [-0.2, -0.15) is 0 Å². The Bertz CT molecular complexity index is 381. The molecule has 1 N–H and O–H groups in total. The highest BCUT2D eigenvalue weighted by Gasteiger charge is 2.09. The van der Waals surface area contributed by atoms with E-state index in [0.29, 0.717) is 0 Å². The number of aromatic nitrogens is 2. The van der Waals surface area contributed by atoms with Crippen molar-refractivity contribution in [1.82, 2.24) is 9.97 Å². The lowest BCUT2D eigenvalue weighted by Crippen LogP contribution is -1.88. The summed E-state index contributed by atoms with van der Waals surface area (Å²) in [4.78, 5) is 8.41. The molecule has 2 aromatic heterocycles. The molecule has 2 aromatic rings. The van der Waals surface area contributed by atoms with Crippen LogP contribution in [0.25, 0.3) is 11.4 Å². The molecule has 0 saturated carbocycles. The van der Waals surface area contributed by atoms with Gasteiger partial charge in [0.2, 0.25) is 0 Å². The predicted octanol–water partition coefficient (Wildman–Crippen LogP) is 2.32. The first-order valence-electron chi connectivity index (χ1n) is 3.79. The van der Waals surface area contributed by atoms with Crippen LogP contribution in [-0.4, -0.2) is 15.1 Å². The van der Waals surface area contributed by atoms with E-state index in [2.05, 4.69) is 9.97 Å². The highest BCUT2D eigenvalue weighted by Crippen LogP contribution is 2.24. The quantitative estimate of drug-likeness (QED) is 0.831. The van der Waals surface area contributed by atoms with E-state index in [1.807, 2.05) is 10.8 Å². The van der Waals surface area contributed by atoms with Gasteiger partial charge in [-0.25, -0.2) is 9.97 Å². The summed E-state index contributed by atoms with van der Waals surface area (Å²) in [6.07, 6.45) is -0.489. The van der Waals surface area contributed by atoms with Crippen molar-refractivity contribution in [2.45, 2.75) is 13.0 Å². The molecule has 1 atom stereocenters. The lowest BCUT2D eigenvalue weighted by Gasteiger charge is -1.95. The first-order chi connectivity index (χ1) is 6.27. The van der Waals surface area contributed by atoms with Gasteiger partial charge in [0, 0.05) is 10.8 Å². The number of aliphatic hydroxyl groups is 1. The van der Waals surface area contributed by atoms with Gasteiger partial charge in [-0.05, 0) is 6.92 Å². The molecule has 0 aliphatic heterocycles. The van der Waals surface area contributed by atoms with E-state index in [1.165, 1.54) is 11.3 Å². The third kappa shape index (κ3) is 1.77. The summed E-state index contributed by atoms with van der Waals surface area (Å²) in [6, 6.07) is 0. The first-order valence-corrected chi connectivity index (χ1v) is 5.61. The highest BCUT2D eigenvalue weighted by atomic mass is 32.1. The van der Waals surface area contributed by atoms with Crippen LogP contribution in [0.5, 0.6) is 0 Å². The largest absolute Gasteiger partial charge is 0.386 e. The van der Waals surface area contributed by atoms with Gasteiger partial charge >= 0.3 is 0 Å². The summed E-state index contributed by atoms with van der Waals surface area (Å²) in [6.45, 7) is 1.71. The van der Waals surface area contributed by atoms with Gasteiger partial charge in [0.1, 0.15) is 22.5 Å². The maximum atomic E-state index is 9.26. The van der Waals surface area contributed by atoms with Crippen LogP contribution in [0, 0.1) is 0 Å². The molecular formula is C8H8N2OS2. The van der Waals surface area contributed by atoms with Gasteiger partial charge in [0.25, 0.3) is 0 Å². The van der Waals surface area contributed by atoms with E-state index in [1.54, 1.807) is 23.8 Å². The Balaban J connectivity index is 2.33. The minimum Gasteiger partial charge on any atom is -0.386 e. The van der Waals surface area contributed by atoms with Crippen molar-refractivity contribution >= 4 is 22.7 Å². The van der Waals surface area contributed by atoms with Crippen molar-refractivity contribution < 1.29 is 5.11 Å². The Morgan fingerprint density at radius 3 is 2.77 bits per heavy atom. The van der Waals surface area contributed by atoms with Crippen molar-refractivity contribution in [2.24, 2.45) is 0 Å². The lowest BCUT2D eigenvalue weighted by molar-refractivity contribution is 0.199. The maximum Gasteiger partial charge on any atom is 0.122 e. The molecule has 5 heteroatoms. The van der Waals surface area contributed by atoms with Crippen LogP contribution in [0.3, 0.4) is 0 Å². The summed E-state index contributed by atoms with van der Waals surface area (Å²) < 4.78 is 0. The number of thiazole rings is 2. The van der Waals surface area contributed by atoms with Crippen molar-refractivity contribution in [3.8, 4) is 11.4 Å². The second-order valence-electron chi connectivity index (χ2n) is 2.62. The first kappa shape index (κ1) is 8.80. The Hall–Kier alpha value is -0.780. The van der Waals surface area contributed by atoms with E-state index >= 15 is 0 Å². The second-order valence-corrected chi connectivity index (χ2v) is 4.23. The smallest absolute Gasteiger partial charge is 0.122 e. The molecule has 0 aliphatic carbocycles. The van der Waals surface area contributed by atoms with Crippen molar-refractivity contribution in [3.63, 3.8) is 0 Å². The number of hydrogen-bond acceptors (Lipinski definition) is 5. The van der Waals surface area contributed by atoms with Gasteiger partial charge in [-0.1, -0.05) is 0 Å². The van der Waals surface area contributed by atoms with Crippen LogP contribution in [-0.2, 0) is 0 Å². The van der Waals surface area contributed by atoms with Gasteiger partial charge in [0.05, 0.1) is 5.51 Å². The summed E-state index contributed by atoms with van der Waals surface area (Å²) in [7, 11) is 0. The number of aliphatic hydroxyl groups excluding tert-OH is 1. The molecule has 1 unspecified atom stereocenters. The molecule has 68 valence electrons. The Morgan fingerprint density at radius 2 is 2.23 bits per heavy atom. The Kier molecular flexibility index (Phi) is 2.39. The molecule has 2 rings (SSSR count). The van der Waals surface area contributed by atoms with Crippen molar-refractivity contribution in [3.05, 3.63) is 21.3 Å². The lowest BCUT2D eigenvalue weighted by atomic mass is 10.4. The fourth-order valence-electron chi connectivity index (χ4n) is 0.936. The third-order valence-corrected chi connectivity index (χ3v) is 3.18. The molecule has 13 heavy (non-hydrogen) atoms. The number of nitrogens with zero attached hydrogens (tertiary/aromatic N) is 2. The molecule has 2 heterocycles. The van der Waals surface area contributed by atoms with Crippen molar-refractivity contribution in [2.75, 3.05) is 0 Å². The van der Waals surface area contributed by atoms with Crippen LogP contribution >= 0.6 is 22.7 Å². The molecule has 0 radical (unpaired) electrons. The van der Waals surface area contributed by atoms with E-state index in [0.717, 1.165) is 16.4 Å². The molecular weight excluding hydrogens is 204 g/mol. The number of rotatable bonds is 2. The zero-order chi connectivity index (χ0) is 9.26. The van der Waals surface area contributed by atoms with Crippen LogP contribution in [0.2, 0.25) is 0 Å². The Morgan fingerprint density at radius 1 is 1.38 bits per heavy atom. The van der Waals surface area contributed by atoms with Gasteiger partial charge < -0.3 is 5.11 Å². The van der Waals surface area contributed by atoms with E-state index < -0.39 is 6.10 Å². The zero-order valence-electron chi connectivity index (χ0n) is 6.97. The predicted molar refractivity (Wildman–Crippen MR) is 53.9 cm³/mol. The van der Waals surface area contributed by atoms with E-state index in [4.69, 9.17) is 0 Å². The molecule has 0 bridgehead atoms. The van der Waals surface area contributed by atoms with Crippen LogP contribution in [0.4, 0.5) is 0 Å². The van der Waals surface area contributed by atoms with E-state index in [9.17, 15) is 5.11 Å². The average molecular weight is 212 g/mol. The highest BCUT2D eigenvalue weighted by molar-refractivity contribution is 7.10. The topological polar surface area (TPSA) is 46.0 Å². The SMILES string of the molecule is CC(O)c1nc(-c2cscn2)cs1. The van der Waals surface area contributed by atoms with Gasteiger partial charge in [0.15, 0.2) is 0 Å². The fourth-order valence-corrected chi connectivity index (χ4v) is 2.24. The summed E-state index contributed by atoms with van der Waals surface area (Å²) in [5.74, 6) is 0. The van der Waals surface area contributed by atoms with E-state index in [-0.39, 0.29) is 0 Å². The summed E-state index contributed by atoms with van der Waals surface area (Å²) in [5, 5.41) is 13.9. The molecule has 0 spiro atoms. The maximum absolute atomic E-state index is 9.26. The standard InChI is InChI=1S/C8H8N2OS2/c1-5(11)8-10-7(3-13-8)6-2-12-4-9-6/h2-5,11H,1H3. The molecule has 0 aliphatic rings. The number of hydrogen-bond donors (Lipinski definition) is 1. The Labute approximate surface area is 83.7 Å².